The zero-order valence-electron chi connectivity index (χ0n) is 11.3. The van der Waals surface area contributed by atoms with Gasteiger partial charge in [0.15, 0.2) is 0 Å². The molecule has 2 heteroatoms. The second-order valence-corrected chi connectivity index (χ2v) is 6.03. The molecule has 1 atom stereocenters. The first-order valence-electron chi connectivity index (χ1n) is 6.21. The van der Waals surface area contributed by atoms with Gasteiger partial charge in [-0.3, -0.25) is 0 Å². The van der Waals surface area contributed by atoms with Crippen molar-refractivity contribution >= 4 is 0 Å². The van der Waals surface area contributed by atoms with Gasteiger partial charge in [-0.1, -0.05) is 26.8 Å². The van der Waals surface area contributed by atoms with Crippen molar-refractivity contribution in [3.63, 3.8) is 0 Å². The first-order valence-corrected chi connectivity index (χ1v) is 6.21. The summed E-state index contributed by atoms with van der Waals surface area (Å²) in [7, 11) is 0. The maximum Gasteiger partial charge on any atom is 0.123 e. The second kappa shape index (κ2) is 5.63. The Hall–Kier alpha value is -0.890. The average molecular weight is 238 g/mol. The summed E-state index contributed by atoms with van der Waals surface area (Å²) in [4.78, 5) is 0. The number of hydrogen-bond donors (Lipinski definition) is 1. The van der Waals surface area contributed by atoms with Gasteiger partial charge in [-0.25, -0.2) is 4.39 Å². The molecule has 96 valence electrons. The van der Waals surface area contributed by atoms with Gasteiger partial charge in [0, 0.05) is 0 Å². The Bertz CT molecular complexity index is 366. The quantitative estimate of drug-likeness (QED) is 0.844. The molecule has 1 aromatic carbocycles. The molecule has 1 N–H and O–H groups in total. The molecule has 1 rings (SSSR count). The van der Waals surface area contributed by atoms with Crippen LogP contribution in [0.5, 0.6) is 0 Å². The summed E-state index contributed by atoms with van der Waals surface area (Å²) in [6.45, 7) is 8.39. The molecule has 1 aromatic rings. The van der Waals surface area contributed by atoms with Crippen LogP contribution in [0.25, 0.3) is 0 Å². The second-order valence-electron chi connectivity index (χ2n) is 6.03. The summed E-state index contributed by atoms with van der Waals surface area (Å²) in [5.74, 6) is -0.213. The minimum Gasteiger partial charge on any atom is -0.393 e. The van der Waals surface area contributed by atoms with Gasteiger partial charge in [0.05, 0.1) is 6.10 Å². The van der Waals surface area contributed by atoms with E-state index in [0.717, 1.165) is 24.0 Å². The number of aliphatic hydroxyl groups is 1. The monoisotopic (exact) mass is 238 g/mol. The van der Waals surface area contributed by atoms with E-state index in [1.165, 1.54) is 12.1 Å². The van der Waals surface area contributed by atoms with Crippen LogP contribution in [0.3, 0.4) is 0 Å². The third-order valence-corrected chi connectivity index (χ3v) is 2.99. The Labute approximate surface area is 104 Å². The molecule has 0 spiro atoms. The highest BCUT2D eigenvalue weighted by Crippen LogP contribution is 2.23. The summed E-state index contributed by atoms with van der Waals surface area (Å²) in [6.07, 6.45) is 2.06. The first-order chi connectivity index (χ1) is 7.78. The SMILES string of the molecule is Cc1cc(F)ccc1CC(O)CCC(C)(C)C. The molecule has 0 bridgehead atoms. The zero-order chi connectivity index (χ0) is 13.1. The Balaban J connectivity index is 2.53. The molecular formula is C15H23FO. The number of halogens is 1. The van der Waals surface area contributed by atoms with Crippen LogP contribution in [-0.2, 0) is 6.42 Å². The molecule has 0 aliphatic heterocycles. The minimum absolute atomic E-state index is 0.213. The molecule has 0 saturated heterocycles. The van der Waals surface area contributed by atoms with Gasteiger partial charge in [0.25, 0.3) is 0 Å². The minimum atomic E-state index is -0.335. The predicted octanol–water partition coefficient (Wildman–Crippen LogP) is 3.86. The Morgan fingerprint density at radius 2 is 1.94 bits per heavy atom. The van der Waals surface area contributed by atoms with Gasteiger partial charge in [-0.15, -0.1) is 0 Å². The summed E-state index contributed by atoms with van der Waals surface area (Å²) < 4.78 is 12.9. The van der Waals surface area contributed by atoms with E-state index < -0.39 is 0 Å². The van der Waals surface area contributed by atoms with E-state index in [1.54, 1.807) is 6.07 Å². The number of aryl methyl sites for hydroxylation is 1. The van der Waals surface area contributed by atoms with E-state index >= 15 is 0 Å². The third kappa shape index (κ3) is 5.31. The molecule has 0 aromatic heterocycles. The highest BCUT2D eigenvalue weighted by Gasteiger charge is 2.14. The average Bonchev–Trinajstić information content (AvgIpc) is 2.18. The molecular weight excluding hydrogens is 215 g/mol. The molecule has 0 fully saturated rings. The van der Waals surface area contributed by atoms with Crippen LogP contribution in [0, 0.1) is 18.2 Å². The number of rotatable bonds is 4. The lowest BCUT2D eigenvalue weighted by atomic mass is 9.88. The lowest BCUT2D eigenvalue weighted by Gasteiger charge is -2.20. The topological polar surface area (TPSA) is 20.2 Å². The van der Waals surface area contributed by atoms with E-state index in [9.17, 15) is 9.50 Å². The van der Waals surface area contributed by atoms with Crippen LogP contribution >= 0.6 is 0 Å². The van der Waals surface area contributed by atoms with Gasteiger partial charge in [0.1, 0.15) is 5.82 Å². The van der Waals surface area contributed by atoms with Crippen molar-refractivity contribution in [3.8, 4) is 0 Å². The van der Waals surface area contributed by atoms with Crippen LogP contribution in [0.4, 0.5) is 4.39 Å². The van der Waals surface area contributed by atoms with E-state index in [4.69, 9.17) is 0 Å². The van der Waals surface area contributed by atoms with E-state index in [2.05, 4.69) is 20.8 Å². The maximum atomic E-state index is 12.9. The summed E-state index contributed by atoms with van der Waals surface area (Å²) in [5, 5.41) is 9.97. The fourth-order valence-corrected chi connectivity index (χ4v) is 1.84. The largest absolute Gasteiger partial charge is 0.393 e. The van der Waals surface area contributed by atoms with Crippen molar-refractivity contribution in [1.82, 2.24) is 0 Å². The molecule has 17 heavy (non-hydrogen) atoms. The predicted molar refractivity (Wildman–Crippen MR) is 69.5 cm³/mol. The standard InChI is InChI=1S/C15H23FO/c1-11-9-13(16)6-5-12(11)10-14(17)7-8-15(2,3)4/h5-6,9,14,17H,7-8,10H2,1-4H3. The normalized spacial score (nSPS) is 13.8. The Kier molecular flexibility index (Phi) is 4.70. The Morgan fingerprint density at radius 1 is 1.29 bits per heavy atom. The van der Waals surface area contributed by atoms with Gasteiger partial charge in [0.2, 0.25) is 0 Å². The molecule has 0 saturated carbocycles. The smallest absolute Gasteiger partial charge is 0.123 e. The molecule has 1 unspecified atom stereocenters. The van der Waals surface area contributed by atoms with Gasteiger partial charge in [-0.2, -0.15) is 0 Å². The van der Waals surface area contributed by atoms with Gasteiger partial charge < -0.3 is 5.11 Å². The molecule has 0 aliphatic carbocycles. The van der Waals surface area contributed by atoms with Crippen molar-refractivity contribution in [3.05, 3.63) is 35.1 Å². The van der Waals surface area contributed by atoms with Crippen molar-refractivity contribution < 1.29 is 9.50 Å². The lowest BCUT2D eigenvalue weighted by molar-refractivity contribution is 0.145. The highest BCUT2D eigenvalue weighted by atomic mass is 19.1. The fraction of sp³-hybridized carbons (Fsp3) is 0.600. The molecule has 0 heterocycles. The maximum absolute atomic E-state index is 12.9. The van der Waals surface area contributed by atoms with Crippen molar-refractivity contribution in [2.75, 3.05) is 0 Å². The highest BCUT2D eigenvalue weighted by molar-refractivity contribution is 5.27. The van der Waals surface area contributed by atoms with Crippen LogP contribution in [-0.4, -0.2) is 11.2 Å². The van der Waals surface area contributed by atoms with E-state index in [0.29, 0.717) is 6.42 Å². The van der Waals surface area contributed by atoms with E-state index in [-0.39, 0.29) is 17.3 Å². The number of benzene rings is 1. The zero-order valence-corrected chi connectivity index (χ0v) is 11.3. The summed E-state index contributed by atoms with van der Waals surface area (Å²) in [5.41, 5.74) is 2.20. The van der Waals surface area contributed by atoms with Gasteiger partial charge >= 0.3 is 0 Å². The molecule has 0 aliphatic rings. The van der Waals surface area contributed by atoms with Crippen LogP contribution < -0.4 is 0 Å². The van der Waals surface area contributed by atoms with Crippen molar-refractivity contribution in [2.24, 2.45) is 5.41 Å². The van der Waals surface area contributed by atoms with Crippen LogP contribution in [0.15, 0.2) is 18.2 Å². The van der Waals surface area contributed by atoms with Crippen molar-refractivity contribution in [2.45, 2.75) is 53.1 Å². The van der Waals surface area contributed by atoms with E-state index in [1.807, 2.05) is 6.92 Å². The number of hydrogen-bond acceptors (Lipinski definition) is 1. The first kappa shape index (κ1) is 14.2. The van der Waals surface area contributed by atoms with Crippen LogP contribution in [0.2, 0.25) is 0 Å². The molecule has 0 amide bonds. The number of aliphatic hydroxyl groups excluding tert-OH is 1. The lowest BCUT2D eigenvalue weighted by Crippen LogP contribution is -2.15. The molecule has 1 nitrogen and oxygen atoms in total. The summed E-state index contributed by atoms with van der Waals surface area (Å²) >= 11 is 0. The Morgan fingerprint density at radius 3 is 2.47 bits per heavy atom. The molecule has 0 radical (unpaired) electrons. The van der Waals surface area contributed by atoms with Gasteiger partial charge in [-0.05, 0) is 54.9 Å². The van der Waals surface area contributed by atoms with Crippen LogP contribution in [0.1, 0.15) is 44.7 Å². The third-order valence-electron chi connectivity index (χ3n) is 2.99. The fourth-order valence-electron chi connectivity index (χ4n) is 1.84. The summed E-state index contributed by atoms with van der Waals surface area (Å²) in [6, 6.07) is 4.75. The van der Waals surface area contributed by atoms with Crippen molar-refractivity contribution in [1.29, 1.82) is 0 Å².